The van der Waals surface area contributed by atoms with Crippen LogP contribution >= 0.6 is 0 Å². The van der Waals surface area contributed by atoms with E-state index in [0.29, 0.717) is 10.9 Å². The first-order chi connectivity index (χ1) is 10.4. The third-order valence-corrected chi connectivity index (χ3v) is 3.11. The quantitative estimate of drug-likeness (QED) is 0.543. The molecular weight excluding hydrogens is 292 g/mol. The number of carbonyl (C=O) groups excluding carboxylic acids is 1. The first kappa shape index (κ1) is 15.4. The van der Waals surface area contributed by atoms with Crippen LogP contribution in [-0.4, -0.2) is 38.6 Å². The molecule has 2 aromatic rings. The second-order valence-electron chi connectivity index (χ2n) is 4.97. The molecule has 1 aromatic carbocycles. The topological polar surface area (TPSA) is 138 Å². The number of hydrogen-bond donors (Lipinski definition) is 3. The Balaban J connectivity index is 2.16. The molecular formula is C13H14N4O5. The van der Waals surface area contributed by atoms with Crippen molar-refractivity contribution in [1.82, 2.24) is 15.5 Å². The fraction of sp³-hybridized carbons (Fsp3) is 0.308. The van der Waals surface area contributed by atoms with E-state index in [1.165, 1.54) is 18.2 Å². The van der Waals surface area contributed by atoms with Gasteiger partial charge in [-0.1, -0.05) is 6.92 Å². The molecule has 2 rings (SSSR count). The minimum Gasteiger partial charge on any atom is -0.481 e. The average Bonchev–Trinajstić information content (AvgIpc) is 2.86. The molecule has 116 valence electrons. The van der Waals surface area contributed by atoms with Gasteiger partial charge in [0.2, 0.25) is 0 Å². The van der Waals surface area contributed by atoms with Crippen LogP contribution in [0, 0.1) is 16.0 Å². The maximum Gasteiger partial charge on any atom is 0.303 e. The maximum atomic E-state index is 12.1. The van der Waals surface area contributed by atoms with Gasteiger partial charge in [-0.3, -0.25) is 24.8 Å². The minimum absolute atomic E-state index is 0.0428. The van der Waals surface area contributed by atoms with E-state index < -0.39 is 16.8 Å². The summed E-state index contributed by atoms with van der Waals surface area (Å²) >= 11 is 0. The smallest absolute Gasteiger partial charge is 0.303 e. The Morgan fingerprint density at radius 3 is 2.86 bits per heavy atom. The van der Waals surface area contributed by atoms with Crippen molar-refractivity contribution in [1.29, 1.82) is 0 Å². The molecule has 0 aliphatic rings. The Morgan fingerprint density at radius 1 is 1.50 bits per heavy atom. The molecule has 0 saturated heterocycles. The molecule has 0 aliphatic heterocycles. The fourth-order valence-electron chi connectivity index (χ4n) is 2.01. The number of benzene rings is 1. The molecule has 0 radical (unpaired) electrons. The number of hydrogen-bond acceptors (Lipinski definition) is 5. The molecule has 9 nitrogen and oxygen atoms in total. The average molecular weight is 306 g/mol. The first-order valence-electron chi connectivity index (χ1n) is 6.51. The van der Waals surface area contributed by atoms with Gasteiger partial charge in [0, 0.05) is 30.5 Å². The number of non-ortho nitro benzene ring substituents is 1. The van der Waals surface area contributed by atoms with Crippen LogP contribution in [0.2, 0.25) is 0 Å². The van der Waals surface area contributed by atoms with Gasteiger partial charge in [-0.2, -0.15) is 5.10 Å². The standard InChI is InChI=1S/C13H14N4O5/c1-7(4-11(18)19)6-14-13(20)12-9-5-8(17(21)22)2-3-10(9)15-16-12/h2-3,5,7H,4,6H2,1H3,(H,14,20)(H,15,16)(H,18,19). The largest absolute Gasteiger partial charge is 0.481 e. The van der Waals surface area contributed by atoms with E-state index >= 15 is 0 Å². The van der Waals surface area contributed by atoms with E-state index in [0.717, 1.165) is 0 Å². The van der Waals surface area contributed by atoms with E-state index in [-0.39, 0.29) is 30.3 Å². The van der Waals surface area contributed by atoms with Crippen molar-refractivity contribution in [2.24, 2.45) is 5.92 Å². The Bertz CT molecular complexity index is 739. The molecule has 1 atom stereocenters. The molecule has 1 heterocycles. The van der Waals surface area contributed by atoms with Gasteiger partial charge >= 0.3 is 5.97 Å². The summed E-state index contributed by atoms with van der Waals surface area (Å²) in [6, 6.07) is 4.07. The van der Waals surface area contributed by atoms with E-state index in [4.69, 9.17) is 5.11 Å². The van der Waals surface area contributed by atoms with Gasteiger partial charge in [-0.15, -0.1) is 0 Å². The molecule has 0 saturated carbocycles. The number of amides is 1. The highest BCUT2D eigenvalue weighted by atomic mass is 16.6. The van der Waals surface area contributed by atoms with Gasteiger partial charge in [-0.25, -0.2) is 0 Å². The fourth-order valence-corrected chi connectivity index (χ4v) is 2.01. The maximum absolute atomic E-state index is 12.1. The third-order valence-electron chi connectivity index (χ3n) is 3.11. The molecule has 3 N–H and O–H groups in total. The van der Waals surface area contributed by atoms with Gasteiger partial charge in [0.25, 0.3) is 11.6 Å². The van der Waals surface area contributed by atoms with Crippen LogP contribution in [0.15, 0.2) is 18.2 Å². The second-order valence-corrected chi connectivity index (χ2v) is 4.97. The van der Waals surface area contributed by atoms with E-state index in [2.05, 4.69) is 15.5 Å². The van der Waals surface area contributed by atoms with Crippen LogP contribution in [0.3, 0.4) is 0 Å². The summed E-state index contributed by atoms with van der Waals surface area (Å²) in [5, 5.41) is 28.9. The molecule has 0 spiro atoms. The molecule has 22 heavy (non-hydrogen) atoms. The highest BCUT2D eigenvalue weighted by Gasteiger charge is 2.18. The predicted molar refractivity (Wildman–Crippen MR) is 76.5 cm³/mol. The summed E-state index contributed by atoms with van der Waals surface area (Å²) in [4.78, 5) is 32.9. The number of nitro benzene ring substituents is 1. The summed E-state index contributed by atoms with van der Waals surface area (Å²) in [6.45, 7) is 1.87. The number of aromatic amines is 1. The number of aliphatic carboxylic acids is 1. The molecule has 9 heteroatoms. The SMILES string of the molecule is CC(CNC(=O)c1n[nH]c2ccc([N+](=O)[O-])cc12)CC(=O)O. The molecule has 1 aromatic heterocycles. The van der Waals surface area contributed by atoms with Gasteiger partial charge in [0.15, 0.2) is 5.69 Å². The lowest BCUT2D eigenvalue weighted by molar-refractivity contribution is -0.384. The number of nitro groups is 1. The van der Waals surface area contributed by atoms with E-state index in [1.807, 2.05) is 0 Å². The Labute approximate surface area is 124 Å². The van der Waals surface area contributed by atoms with Crippen LogP contribution in [0.5, 0.6) is 0 Å². The van der Waals surface area contributed by atoms with Crippen molar-refractivity contribution in [3.05, 3.63) is 34.0 Å². The van der Waals surface area contributed by atoms with Crippen molar-refractivity contribution in [2.75, 3.05) is 6.54 Å². The van der Waals surface area contributed by atoms with Crippen molar-refractivity contribution < 1.29 is 19.6 Å². The summed E-state index contributed by atoms with van der Waals surface area (Å²) < 4.78 is 0. The van der Waals surface area contributed by atoms with E-state index in [1.54, 1.807) is 6.92 Å². The monoisotopic (exact) mass is 306 g/mol. The highest BCUT2D eigenvalue weighted by molar-refractivity contribution is 6.05. The van der Waals surface area contributed by atoms with Crippen LogP contribution in [0.1, 0.15) is 23.8 Å². The number of carboxylic acid groups (broad SMARTS) is 1. The second kappa shape index (κ2) is 6.20. The Kier molecular flexibility index (Phi) is 4.35. The lowest BCUT2D eigenvalue weighted by atomic mass is 10.1. The number of nitrogens with one attached hydrogen (secondary N) is 2. The predicted octanol–water partition coefficient (Wildman–Crippen LogP) is 1.31. The van der Waals surface area contributed by atoms with Crippen molar-refractivity contribution >= 4 is 28.5 Å². The number of nitrogens with zero attached hydrogens (tertiary/aromatic N) is 2. The van der Waals surface area contributed by atoms with Crippen LogP contribution in [0.25, 0.3) is 10.9 Å². The lowest BCUT2D eigenvalue weighted by Gasteiger charge is -2.09. The summed E-state index contributed by atoms with van der Waals surface area (Å²) in [5.41, 5.74) is 0.415. The van der Waals surface area contributed by atoms with Crippen LogP contribution in [0.4, 0.5) is 5.69 Å². The summed E-state index contributed by atoms with van der Waals surface area (Å²) in [6.07, 6.45) is -0.0624. The zero-order chi connectivity index (χ0) is 16.3. The molecule has 0 bridgehead atoms. The zero-order valence-corrected chi connectivity index (χ0v) is 11.7. The number of carboxylic acids is 1. The summed E-state index contributed by atoms with van der Waals surface area (Å²) in [7, 11) is 0. The Morgan fingerprint density at radius 2 is 2.23 bits per heavy atom. The third kappa shape index (κ3) is 3.37. The van der Waals surface area contributed by atoms with Gasteiger partial charge in [-0.05, 0) is 12.0 Å². The normalized spacial score (nSPS) is 12.0. The van der Waals surface area contributed by atoms with Gasteiger partial charge in [0.05, 0.1) is 10.4 Å². The van der Waals surface area contributed by atoms with Gasteiger partial charge in [0.1, 0.15) is 0 Å². The highest BCUT2D eigenvalue weighted by Crippen LogP contribution is 2.22. The van der Waals surface area contributed by atoms with Crippen molar-refractivity contribution in [3.8, 4) is 0 Å². The van der Waals surface area contributed by atoms with Crippen molar-refractivity contribution in [2.45, 2.75) is 13.3 Å². The molecule has 1 amide bonds. The van der Waals surface area contributed by atoms with Crippen molar-refractivity contribution in [3.63, 3.8) is 0 Å². The number of H-pyrrole nitrogens is 1. The van der Waals surface area contributed by atoms with Crippen LogP contribution in [-0.2, 0) is 4.79 Å². The minimum atomic E-state index is -0.942. The summed E-state index contributed by atoms with van der Waals surface area (Å²) in [5.74, 6) is -1.69. The molecule has 0 fully saturated rings. The lowest BCUT2D eigenvalue weighted by Crippen LogP contribution is -2.29. The van der Waals surface area contributed by atoms with Gasteiger partial charge < -0.3 is 10.4 Å². The number of fused-ring (bicyclic) bond motifs is 1. The number of aromatic nitrogens is 2. The molecule has 1 unspecified atom stereocenters. The first-order valence-corrected chi connectivity index (χ1v) is 6.51. The molecule has 0 aliphatic carbocycles. The zero-order valence-electron chi connectivity index (χ0n) is 11.7. The van der Waals surface area contributed by atoms with E-state index in [9.17, 15) is 19.7 Å². The van der Waals surface area contributed by atoms with Crippen LogP contribution < -0.4 is 5.32 Å². The number of rotatable bonds is 6. The number of carbonyl (C=O) groups is 2. The Hall–Kier alpha value is -2.97.